The zero-order valence-corrected chi connectivity index (χ0v) is 10.7. The highest BCUT2D eigenvalue weighted by molar-refractivity contribution is 5.25. The number of hydrogen-bond acceptors (Lipinski definition) is 4. The third kappa shape index (κ3) is 3.43. The molecule has 0 aliphatic rings. The fourth-order valence-corrected chi connectivity index (χ4v) is 1.42. The first-order valence-electron chi connectivity index (χ1n) is 6.17. The number of anilines is 1. The molecule has 1 atom stereocenters. The summed E-state index contributed by atoms with van der Waals surface area (Å²) in [6, 6.07) is 0. The molecule has 0 fully saturated rings. The van der Waals surface area contributed by atoms with Crippen LogP contribution in [0.25, 0.3) is 0 Å². The van der Waals surface area contributed by atoms with Gasteiger partial charge in [0.05, 0.1) is 11.4 Å². The van der Waals surface area contributed by atoms with E-state index in [0.29, 0.717) is 11.9 Å². The lowest BCUT2D eigenvalue weighted by Crippen LogP contribution is -2.14. The van der Waals surface area contributed by atoms with Gasteiger partial charge in [0.1, 0.15) is 0 Å². The summed E-state index contributed by atoms with van der Waals surface area (Å²) in [4.78, 5) is 4.48. The maximum atomic E-state index is 4.48. The molecule has 0 aromatic carbocycles. The highest BCUT2D eigenvalue weighted by atomic mass is 15.2. The van der Waals surface area contributed by atoms with Gasteiger partial charge in [0.25, 0.3) is 0 Å². The minimum Gasteiger partial charge on any atom is -0.353 e. The first kappa shape index (κ1) is 12.9. The van der Waals surface area contributed by atoms with Crippen LogP contribution in [0.3, 0.4) is 0 Å². The maximum Gasteiger partial charge on any atom is 0.242 e. The van der Waals surface area contributed by atoms with Crippen molar-refractivity contribution in [1.29, 1.82) is 0 Å². The fourth-order valence-electron chi connectivity index (χ4n) is 1.42. The van der Waals surface area contributed by atoms with Crippen LogP contribution in [0.4, 0.5) is 5.95 Å². The molecule has 1 aromatic heterocycles. The summed E-state index contributed by atoms with van der Waals surface area (Å²) < 4.78 is 0. The van der Waals surface area contributed by atoms with Gasteiger partial charge in [-0.05, 0) is 18.8 Å². The lowest BCUT2D eigenvalue weighted by atomic mass is 10.1. The van der Waals surface area contributed by atoms with E-state index in [-0.39, 0.29) is 0 Å². The van der Waals surface area contributed by atoms with Gasteiger partial charge in [-0.3, -0.25) is 0 Å². The zero-order chi connectivity index (χ0) is 12.0. The summed E-state index contributed by atoms with van der Waals surface area (Å²) in [5.74, 6) is 1.30. The van der Waals surface area contributed by atoms with Crippen molar-refractivity contribution in [2.24, 2.45) is 5.92 Å². The van der Waals surface area contributed by atoms with Crippen molar-refractivity contribution in [3.63, 3.8) is 0 Å². The summed E-state index contributed by atoms with van der Waals surface area (Å²) in [6.45, 7) is 9.48. The van der Waals surface area contributed by atoms with Gasteiger partial charge >= 0.3 is 0 Å². The average Bonchev–Trinajstić information content (AvgIpc) is 2.35. The first-order chi connectivity index (χ1) is 7.71. The predicted molar refractivity (Wildman–Crippen MR) is 66.5 cm³/mol. The molecule has 1 unspecified atom stereocenters. The number of nitrogens with zero attached hydrogens (tertiary/aromatic N) is 3. The second-order valence-electron chi connectivity index (χ2n) is 4.13. The molecule has 0 bridgehead atoms. The first-order valence-corrected chi connectivity index (χ1v) is 6.17. The summed E-state index contributed by atoms with van der Waals surface area (Å²) in [5, 5.41) is 11.5. The van der Waals surface area contributed by atoms with Gasteiger partial charge in [-0.1, -0.05) is 34.1 Å². The summed E-state index contributed by atoms with van der Waals surface area (Å²) in [5.41, 5.74) is 2.07. The molecule has 0 saturated carbocycles. The van der Waals surface area contributed by atoms with Crippen LogP contribution in [0.15, 0.2) is 0 Å². The quantitative estimate of drug-likeness (QED) is 0.803. The Hall–Kier alpha value is -1.19. The molecule has 1 heterocycles. The van der Waals surface area contributed by atoms with Gasteiger partial charge in [0.15, 0.2) is 0 Å². The Kier molecular flexibility index (Phi) is 5.15. The molecule has 4 heteroatoms. The van der Waals surface area contributed by atoms with Gasteiger partial charge in [-0.2, -0.15) is 5.10 Å². The molecule has 0 spiro atoms. The molecule has 0 radical (unpaired) electrons. The predicted octanol–water partition coefficient (Wildman–Crippen LogP) is 2.45. The van der Waals surface area contributed by atoms with Crippen LogP contribution >= 0.6 is 0 Å². The Morgan fingerprint density at radius 1 is 1.06 bits per heavy atom. The molecule has 4 nitrogen and oxygen atoms in total. The zero-order valence-electron chi connectivity index (χ0n) is 10.7. The third-order valence-electron chi connectivity index (χ3n) is 2.81. The average molecular weight is 222 g/mol. The normalized spacial score (nSPS) is 12.5. The SMILES string of the molecule is CCc1nnc(NCC(C)CC)nc1CC. The molecule has 16 heavy (non-hydrogen) atoms. The van der Waals surface area contributed by atoms with Crippen molar-refractivity contribution in [1.82, 2.24) is 15.2 Å². The van der Waals surface area contributed by atoms with Crippen molar-refractivity contribution in [2.45, 2.75) is 47.0 Å². The summed E-state index contributed by atoms with van der Waals surface area (Å²) in [6.07, 6.45) is 2.97. The van der Waals surface area contributed by atoms with Crippen LogP contribution in [0.5, 0.6) is 0 Å². The van der Waals surface area contributed by atoms with Gasteiger partial charge in [-0.15, -0.1) is 5.10 Å². The number of nitrogens with one attached hydrogen (secondary N) is 1. The molecule has 0 aliphatic heterocycles. The largest absolute Gasteiger partial charge is 0.353 e. The minimum atomic E-state index is 0.638. The van der Waals surface area contributed by atoms with Crippen LogP contribution < -0.4 is 5.32 Å². The maximum absolute atomic E-state index is 4.48. The molecule has 90 valence electrons. The van der Waals surface area contributed by atoms with Crippen LogP contribution in [-0.4, -0.2) is 21.7 Å². The van der Waals surface area contributed by atoms with E-state index < -0.39 is 0 Å². The standard InChI is InChI=1S/C12H22N4/c1-5-9(4)8-13-12-14-10(6-2)11(7-3)15-16-12/h9H,5-8H2,1-4H3,(H,13,14,16). The number of rotatable bonds is 6. The topological polar surface area (TPSA) is 50.7 Å². The van der Waals surface area contributed by atoms with E-state index in [1.54, 1.807) is 0 Å². The molecule has 1 aromatic rings. The van der Waals surface area contributed by atoms with Crippen molar-refractivity contribution in [3.8, 4) is 0 Å². The van der Waals surface area contributed by atoms with Crippen LogP contribution in [0.1, 0.15) is 45.5 Å². The van der Waals surface area contributed by atoms with Crippen LogP contribution in [0.2, 0.25) is 0 Å². The van der Waals surface area contributed by atoms with E-state index in [2.05, 4.69) is 48.2 Å². The van der Waals surface area contributed by atoms with E-state index >= 15 is 0 Å². The summed E-state index contributed by atoms with van der Waals surface area (Å²) >= 11 is 0. The molecule has 1 N–H and O–H groups in total. The Balaban J connectivity index is 2.67. The van der Waals surface area contributed by atoms with E-state index in [9.17, 15) is 0 Å². The number of aryl methyl sites for hydroxylation is 2. The van der Waals surface area contributed by atoms with Crippen LogP contribution in [0, 0.1) is 5.92 Å². The Bertz CT molecular complexity index is 325. The molecular formula is C12H22N4. The van der Waals surface area contributed by atoms with Crippen LogP contribution in [-0.2, 0) is 12.8 Å². The highest BCUT2D eigenvalue weighted by Gasteiger charge is 2.06. The van der Waals surface area contributed by atoms with E-state index in [1.165, 1.54) is 0 Å². The number of aromatic nitrogens is 3. The van der Waals surface area contributed by atoms with Crippen molar-refractivity contribution in [3.05, 3.63) is 11.4 Å². The Labute approximate surface area is 97.9 Å². The van der Waals surface area contributed by atoms with E-state index in [1.807, 2.05) is 0 Å². The van der Waals surface area contributed by atoms with Gasteiger partial charge < -0.3 is 5.32 Å². The molecule has 0 amide bonds. The van der Waals surface area contributed by atoms with Gasteiger partial charge in [-0.25, -0.2) is 4.98 Å². The highest BCUT2D eigenvalue weighted by Crippen LogP contribution is 2.08. The van der Waals surface area contributed by atoms with Gasteiger partial charge in [0, 0.05) is 6.54 Å². The lowest BCUT2D eigenvalue weighted by molar-refractivity contribution is 0.589. The molecule has 0 aliphatic carbocycles. The fraction of sp³-hybridized carbons (Fsp3) is 0.750. The number of hydrogen-bond donors (Lipinski definition) is 1. The van der Waals surface area contributed by atoms with Crippen molar-refractivity contribution in [2.75, 3.05) is 11.9 Å². The minimum absolute atomic E-state index is 0.638. The monoisotopic (exact) mass is 222 g/mol. The molecular weight excluding hydrogens is 200 g/mol. The van der Waals surface area contributed by atoms with Crippen molar-refractivity contribution < 1.29 is 0 Å². The smallest absolute Gasteiger partial charge is 0.242 e. The molecule has 0 saturated heterocycles. The Morgan fingerprint density at radius 2 is 1.75 bits per heavy atom. The van der Waals surface area contributed by atoms with E-state index in [0.717, 1.165) is 37.2 Å². The second kappa shape index (κ2) is 6.40. The summed E-state index contributed by atoms with van der Waals surface area (Å²) in [7, 11) is 0. The van der Waals surface area contributed by atoms with Crippen molar-refractivity contribution >= 4 is 5.95 Å². The second-order valence-corrected chi connectivity index (χ2v) is 4.13. The lowest BCUT2D eigenvalue weighted by Gasteiger charge is -2.11. The Morgan fingerprint density at radius 3 is 2.31 bits per heavy atom. The third-order valence-corrected chi connectivity index (χ3v) is 2.81. The van der Waals surface area contributed by atoms with Gasteiger partial charge in [0.2, 0.25) is 5.95 Å². The van der Waals surface area contributed by atoms with E-state index in [4.69, 9.17) is 0 Å². The molecule has 1 rings (SSSR count).